The van der Waals surface area contributed by atoms with Crippen LogP contribution < -0.4 is 19.9 Å². The molecule has 2 aliphatic heterocycles. The number of hydrogen-bond acceptors (Lipinski definition) is 7. The molecule has 0 saturated heterocycles. The van der Waals surface area contributed by atoms with E-state index in [9.17, 15) is 28.8 Å². The molecule has 0 radical (unpaired) electrons. The van der Waals surface area contributed by atoms with Gasteiger partial charge >= 0.3 is 5.97 Å². The monoisotopic (exact) mass is 535 g/mol. The first kappa shape index (κ1) is 26.0. The minimum atomic E-state index is -0.642. The number of nitrogens with zero attached hydrogens (tertiary/aromatic N) is 2. The number of esters is 1. The van der Waals surface area contributed by atoms with Crippen LogP contribution in [0, 0.1) is 0 Å². The van der Waals surface area contributed by atoms with Gasteiger partial charge in [-0.2, -0.15) is 0 Å². The van der Waals surface area contributed by atoms with Gasteiger partial charge in [0.25, 0.3) is 29.5 Å². The van der Waals surface area contributed by atoms with Gasteiger partial charge in [0.1, 0.15) is 5.75 Å². The molecule has 3 aromatic rings. The van der Waals surface area contributed by atoms with Gasteiger partial charge in [-0.3, -0.25) is 24.0 Å². The van der Waals surface area contributed by atoms with Crippen LogP contribution in [0.3, 0.4) is 0 Å². The van der Waals surface area contributed by atoms with Crippen molar-refractivity contribution in [1.29, 1.82) is 0 Å². The molecule has 1 N–H and O–H groups in total. The predicted molar refractivity (Wildman–Crippen MR) is 145 cm³/mol. The Labute approximate surface area is 228 Å². The second kappa shape index (κ2) is 10.3. The fourth-order valence-corrected chi connectivity index (χ4v) is 4.15. The van der Waals surface area contributed by atoms with Crippen LogP contribution in [0.5, 0.6) is 5.75 Å². The summed E-state index contributed by atoms with van der Waals surface area (Å²) in [6.07, 6.45) is 2.52. The van der Waals surface area contributed by atoms with Crippen LogP contribution in [0.4, 0.5) is 17.1 Å². The van der Waals surface area contributed by atoms with Gasteiger partial charge in [-0.15, -0.1) is 0 Å². The lowest BCUT2D eigenvalue weighted by Crippen LogP contribution is -2.30. The number of hydrogen-bond donors (Lipinski definition) is 1. The van der Waals surface area contributed by atoms with Gasteiger partial charge in [0, 0.05) is 34.5 Å². The van der Waals surface area contributed by atoms with Crippen LogP contribution in [0.1, 0.15) is 34.6 Å². The summed E-state index contributed by atoms with van der Waals surface area (Å²) in [4.78, 5) is 75.6. The topological polar surface area (TPSA) is 130 Å². The standard InChI is InChI=1S/C30H21N3O7/c1-17-15-25(34)32(28(17)37)22-9-3-19(4-10-22)27(36)31-21-7-13-24(14-8-21)40-30(39)20-5-11-23(12-6-20)33-26(35)16-18(2)29(33)38/h3-16H,1-2H3,(H,31,36). The molecule has 40 heavy (non-hydrogen) atoms. The summed E-state index contributed by atoms with van der Waals surface area (Å²) in [5.41, 5.74) is 2.38. The van der Waals surface area contributed by atoms with Crippen molar-refractivity contribution in [3.05, 3.63) is 107 Å². The quantitative estimate of drug-likeness (QED) is 0.289. The van der Waals surface area contributed by atoms with Gasteiger partial charge in [0.2, 0.25) is 0 Å². The van der Waals surface area contributed by atoms with Gasteiger partial charge in [0.05, 0.1) is 16.9 Å². The van der Waals surface area contributed by atoms with Gasteiger partial charge in [-0.1, -0.05) is 0 Å². The molecule has 198 valence electrons. The summed E-state index contributed by atoms with van der Waals surface area (Å²) < 4.78 is 5.38. The van der Waals surface area contributed by atoms with E-state index in [-0.39, 0.29) is 11.3 Å². The molecule has 0 aliphatic carbocycles. The molecule has 3 aromatic carbocycles. The number of imide groups is 2. The normalized spacial score (nSPS) is 14.8. The van der Waals surface area contributed by atoms with Crippen molar-refractivity contribution in [1.82, 2.24) is 0 Å². The Balaban J connectivity index is 1.18. The fourth-order valence-electron chi connectivity index (χ4n) is 4.15. The molecule has 0 fully saturated rings. The molecule has 0 aromatic heterocycles. The van der Waals surface area contributed by atoms with Crippen LogP contribution in [-0.4, -0.2) is 35.5 Å². The summed E-state index contributed by atoms with van der Waals surface area (Å²) >= 11 is 0. The summed E-state index contributed by atoms with van der Waals surface area (Å²) in [6.45, 7) is 3.12. The first-order chi connectivity index (χ1) is 19.1. The van der Waals surface area contributed by atoms with Gasteiger partial charge < -0.3 is 10.1 Å². The zero-order chi connectivity index (χ0) is 28.6. The van der Waals surface area contributed by atoms with Crippen molar-refractivity contribution in [3.63, 3.8) is 0 Å². The molecule has 5 rings (SSSR count). The van der Waals surface area contributed by atoms with E-state index < -0.39 is 35.5 Å². The molecule has 0 bridgehead atoms. The molecule has 5 amide bonds. The SMILES string of the molecule is CC1=CC(=O)N(c2ccc(C(=O)Nc3ccc(OC(=O)c4ccc(N5C(=O)C=C(C)C5=O)cc4)cc3)cc2)C1=O. The number of rotatable bonds is 6. The number of ether oxygens (including phenoxy) is 1. The molecule has 10 nitrogen and oxygen atoms in total. The number of amides is 5. The Morgan fingerprint density at radius 2 is 1.07 bits per heavy atom. The van der Waals surface area contributed by atoms with Gasteiger partial charge in [-0.05, 0) is 86.6 Å². The summed E-state index contributed by atoms with van der Waals surface area (Å²) in [6, 6.07) is 18.1. The number of benzene rings is 3. The summed E-state index contributed by atoms with van der Waals surface area (Å²) in [7, 11) is 0. The van der Waals surface area contributed by atoms with Crippen molar-refractivity contribution >= 4 is 52.6 Å². The lowest BCUT2D eigenvalue weighted by molar-refractivity contribution is -0.121. The summed E-state index contributed by atoms with van der Waals surface area (Å²) in [5, 5.41) is 2.73. The predicted octanol–water partition coefficient (Wildman–Crippen LogP) is 3.80. The van der Waals surface area contributed by atoms with Crippen LogP contribution in [0.25, 0.3) is 0 Å². The largest absolute Gasteiger partial charge is 0.423 e. The van der Waals surface area contributed by atoms with Crippen LogP contribution >= 0.6 is 0 Å². The van der Waals surface area contributed by atoms with Crippen LogP contribution in [0.2, 0.25) is 0 Å². The van der Waals surface area contributed by atoms with E-state index in [1.54, 1.807) is 26.0 Å². The average Bonchev–Trinajstić information content (AvgIpc) is 3.35. The fraction of sp³-hybridized carbons (Fsp3) is 0.0667. The zero-order valence-electron chi connectivity index (χ0n) is 21.3. The molecular formula is C30H21N3O7. The van der Waals surface area contributed by atoms with Crippen LogP contribution in [0.15, 0.2) is 96.1 Å². The van der Waals surface area contributed by atoms with E-state index >= 15 is 0 Å². The first-order valence-electron chi connectivity index (χ1n) is 12.1. The van der Waals surface area contributed by atoms with Crippen molar-refractivity contribution < 1.29 is 33.5 Å². The minimum absolute atomic E-state index is 0.219. The third-order valence-corrected chi connectivity index (χ3v) is 6.27. The Kier molecular flexibility index (Phi) is 6.66. The Morgan fingerprint density at radius 3 is 1.50 bits per heavy atom. The number of carbonyl (C=O) groups is 6. The van der Waals surface area contributed by atoms with Crippen LogP contribution in [-0.2, 0) is 19.2 Å². The number of carbonyl (C=O) groups excluding carboxylic acids is 6. The van der Waals surface area contributed by atoms with E-state index in [1.807, 2.05) is 0 Å². The highest BCUT2D eigenvalue weighted by Gasteiger charge is 2.30. The van der Waals surface area contributed by atoms with Crippen molar-refractivity contribution in [2.45, 2.75) is 13.8 Å². The van der Waals surface area contributed by atoms with E-state index in [0.717, 1.165) is 9.80 Å². The Morgan fingerprint density at radius 1 is 0.625 bits per heavy atom. The maximum atomic E-state index is 12.7. The Hall–Kier alpha value is -5.64. The molecular weight excluding hydrogens is 514 g/mol. The lowest BCUT2D eigenvalue weighted by atomic mass is 10.1. The summed E-state index contributed by atoms with van der Waals surface area (Å²) in [5.74, 6) is -2.49. The van der Waals surface area contributed by atoms with E-state index in [0.29, 0.717) is 33.8 Å². The maximum absolute atomic E-state index is 12.7. The molecule has 0 atom stereocenters. The average molecular weight is 536 g/mol. The highest BCUT2D eigenvalue weighted by Crippen LogP contribution is 2.25. The minimum Gasteiger partial charge on any atom is -0.423 e. The molecule has 2 aliphatic rings. The highest BCUT2D eigenvalue weighted by atomic mass is 16.5. The molecule has 2 heterocycles. The second-order valence-electron chi connectivity index (χ2n) is 9.07. The third kappa shape index (κ3) is 4.93. The maximum Gasteiger partial charge on any atom is 0.343 e. The zero-order valence-corrected chi connectivity index (χ0v) is 21.3. The third-order valence-electron chi connectivity index (χ3n) is 6.27. The number of anilines is 3. The van der Waals surface area contributed by atoms with Crippen molar-refractivity contribution in [3.8, 4) is 5.75 Å². The van der Waals surface area contributed by atoms with Gasteiger partial charge in [0.15, 0.2) is 0 Å². The molecule has 0 saturated carbocycles. The van der Waals surface area contributed by atoms with E-state index in [1.165, 1.54) is 72.8 Å². The Bertz CT molecular complexity index is 1530. The second-order valence-corrected chi connectivity index (χ2v) is 9.07. The molecule has 0 spiro atoms. The van der Waals surface area contributed by atoms with E-state index in [4.69, 9.17) is 4.74 Å². The van der Waals surface area contributed by atoms with E-state index in [2.05, 4.69) is 5.32 Å². The molecule has 10 heteroatoms. The molecule has 0 unspecified atom stereocenters. The van der Waals surface area contributed by atoms with Gasteiger partial charge in [-0.25, -0.2) is 14.6 Å². The first-order valence-corrected chi connectivity index (χ1v) is 12.1. The highest BCUT2D eigenvalue weighted by molar-refractivity contribution is 6.31. The number of nitrogens with one attached hydrogen (secondary N) is 1. The smallest absolute Gasteiger partial charge is 0.343 e. The van der Waals surface area contributed by atoms with Crippen molar-refractivity contribution in [2.75, 3.05) is 15.1 Å². The lowest BCUT2D eigenvalue weighted by Gasteiger charge is -2.15. The van der Waals surface area contributed by atoms with Crippen molar-refractivity contribution in [2.24, 2.45) is 0 Å².